The van der Waals surface area contributed by atoms with Crippen molar-refractivity contribution in [3.8, 4) is 0 Å². The minimum absolute atomic E-state index is 0.126. The number of hydrogen-bond donors (Lipinski definition) is 1. The van der Waals surface area contributed by atoms with E-state index in [1.165, 1.54) is 0 Å². The molecular weight excluding hydrogens is 376 g/mol. The molecule has 3 rings (SSSR count). The molecule has 1 saturated heterocycles. The van der Waals surface area contributed by atoms with Crippen molar-refractivity contribution in [2.75, 3.05) is 11.9 Å². The van der Waals surface area contributed by atoms with Crippen LogP contribution in [-0.4, -0.2) is 39.5 Å². The molecule has 0 aliphatic carbocycles. The van der Waals surface area contributed by atoms with Gasteiger partial charge in [0.2, 0.25) is 11.8 Å². The van der Waals surface area contributed by atoms with Crippen LogP contribution in [0.15, 0.2) is 48.5 Å². The lowest BCUT2D eigenvalue weighted by molar-refractivity contribution is -0.128. The van der Waals surface area contributed by atoms with Gasteiger partial charge in [-0.15, -0.1) is 0 Å². The summed E-state index contributed by atoms with van der Waals surface area (Å²) in [5.41, 5.74) is 3.11. The summed E-state index contributed by atoms with van der Waals surface area (Å²) in [6, 6.07) is 14.1. The average molecular weight is 396 g/mol. The van der Waals surface area contributed by atoms with Crippen molar-refractivity contribution >= 4 is 40.3 Å². The van der Waals surface area contributed by atoms with E-state index >= 15 is 0 Å². The van der Waals surface area contributed by atoms with Crippen LogP contribution >= 0.6 is 11.8 Å². The van der Waals surface area contributed by atoms with E-state index < -0.39 is 16.4 Å². The molecule has 6 nitrogen and oxygen atoms in total. The van der Waals surface area contributed by atoms with E-state index in [2.05, 4.69) is 5.32 Å². The number of amides is 3. The third kappa shape index (κ3) is 4.48. The molecule has 0 spiro atoms. The van der Waals surface area contributed by atoms with Gasteiger partial charge in [-0.1, -0.05) is 59.8 Å². The second-order valence-corrected chi connectivity index (χ2v) is 7.81. The largest absolute Gasteiger partial charge is 0.326 e. The normalized spacial score (nSPS) is 16.4. The predicted octanol–water partition coefficient (Wildman–Crippen LogP) is 3.58. The molecule has 0 bridgehead atoms. The number of nitrogens with one attached hydrogen (secondary N) is 1. The van der Waals surface area contributed by atoms with Crippen LogP contribution in [0, 0.1) is 13.8 Å². The molecule has 2 aromatic rings. The molecule has 0 aromatic heterocycles. The Morgan fingerprint density at radius 3 is 2.46 bits per heavy atom. The van der Waals surface area contributed by atoms with Gasteiger partial charge in [0.15, 0.2) is 5.78 Å². The molecule has 3 amide bonds. The topological polar surface area (TPSA) is 83.6 Å². The van der Waals surface area contributed by atoms with Crippen LogP contribution in [-0.2, 0) is 9.59 Å². The van der Waals surface area contributed by atoms with Gasteiger partial charge < -0.3 is 5.32 Å². The summed E-state index contributed by atoms with van der Waals surface area (Å²) >= 11 is 0.789. The van der Waals surface area contributed by atoms with Crippen molar-refractivity contribution in [2.24, 2.45) is 0 Å². The summed E-state index contributed by atoms with van der Waals surface area (Å²) in [7, 11) is 0. The van der Waals surface area contributed by atoms with Crippen molar-refractivity contribution < 1.29 is 19.2 Å². The van der Waals surface area contributed by atoms with E-state index in [0.717, 1.165) is 27.8 Å². The highest BCUT2D eigenvalue weighted by atomic mass is 32.2. The Bertz CT molecular complexity index is 943. The third-order valence-electron chi connectivity index (χ3n) is 4.43. The highest BCUT2D eigenvalue weighted by Gasteiger charge is 2.41. The Morgan fingerprint density at radius 1 is 1.07 bits per heavy atom. The summed E-state index contributed by atoms with van der Waals surface area (Å²) in [5.74, 6) is -1.17. The third-order valence-corrected chi connectivity index (χ3v) is 5.50. The standard InChI is InChI=1S/C21H20N2O4S/c1-13-8-9-16(14(2)10-13)22-19(25)11-18-20(26)23(21(27)28-18)12-17(24)15-6-4-3-5-7-15/h3-10,18H,11-12H2,1-2H3,(H,22,25)/t18-/m0/s1. The van der Waals surface area contributed by atoms with Crippen molar-refractivity contribution in [1.29, 1.82) is 0 Å². The first-order valence-electron chi connectivity index (χ1n) is 8.82. The average Bonchev–Trinajstić information content (AvgIpc) is 2.92. The van der Waals surface area contributed by atoms with Crippen LogP contribution < -0.4 is 5.32 Å². The molecular formula is C21H20N2O4S. The van der Waals surface area contributed by atoms with E-state index in [1.54, 1.807) is 30.3 Å². The molecule has 1 aliphatic rings. The number of aryl methyl sites for hydroxylation is 2. The summed E-state index contributed by atoms with van der Waals surface area (Å²) < 4.78 is 0. The number of carbonyl (C=O) groups excluding carboxylic acids is 4. The first kappa shape index (κ1) is 19.8. The van der Waals surface area contributed by atoms with E-state index in [1.807, 2.05) is 32.0 Å². The highest BCUT2D eigenvalue weighted by Crippen LogP contribution is 2.30. The Morgan fingerprint density at radius 2 is 1.79 bits per heavy atom. The van der Waals surface area contributed by atoms with Crippen LogP contribution in [0.5, 0.6) is 0 Å². The maximum atomic E-state index is 12.5. The fourth-order valence-electron chi connectivity index (χ4n) is 2.95. The van der Waals surface area contributed by atoms with Crippen LogP contribution in [0.25, 0.3) is 0 Å². The Labute approximate surface area is 167 Å². The molecule has 1 N–H and O–H groups in total. The van der Waals surface area contributed by atoms with Crippen LogP contribution in [0.2, 0.25) is 0 Å². The smallest absolute Gasteiger partial charge is 0.289 e. The predicted molar refractivity (Wildman–Crippen MR) is 108 cm³/mol. The van der Waals surface area contributed by atoms with E-state index in [-0.39, 0.29) is 24.7 Å². The molecule has 0 unspecified atom stereocenters. The SMILES string of the molecule is Cc1ccc(NC(=O)C[C@@H]2SC(=O)N(CC(=O)c3ccccc3)C2=O)c(C)c1. The van der Waals surface area contributed by atoms with Gasteiger partial charge in [0, 0.05) is 17.7 Å². The lowest BCUT2D eigenvalue weighted by Gasteiger charge is -2.13. The number of ketones is 1. The van der Waals surface area contributed by atoms with Gasteiger partial charge in [-0.2, -0.15) is 0 Å². The van der Waals surface area contributed by atoms with Gasteiger partial charge in [0.1, 0.15) is 5.25 Å². The molecule has 1 fully saturated rings. The molecule has 0 saturated carbocycles. The zero-order chi connectivity index (χ0) is 20.3. The molecule has 7 heteroatoms. The van der Waals surface area contributed by atoms with Crippen molar-refractivity contribution in [2.45, 2.75) is 25.5 Å². The highest BCUT2D eigenvalue weighted by molar-refractivity contribution is 8.15. The van der Waals surface area contributed by atoms with Gasteiger partial charge >= 0.3 is 0 Å². The Balaban J connectivity index is 1.61. The summed E-state index contributed by atoms with van der Waals surface area (Å²) in [5, 5.41) is 1.46. The molecule has 2 aromatic carbocycles. The van der Waals surface area contributed by atoms with Crippen molar-refractivity contribution in [3.63, 3.8) is 0 Å². The number of hydrogen-bond acceptors (Lipinski definition) is 5. The van der Waals surface area contributed by atoms with E-state index in [4.69, 9.17) is 0 Å². The summed E-state index contributed by atoms with van der Waals surface area (Å²) in [6.07, 6.45) is -0.126. The number of carbonyl (C=O) groups is 4. The Kier molecular flexibility index (Phi) is 5.94. The minimum Gasteiger partial charge on any atom is -0.326 e. The monoisotopic (exact) mass is 396 g/mol. The fraction of sp³-hybridized carbons (Fsp3) is 0.238. The fourth-order valence-corrected chi connectivity index (χ4v) is 3.94. The van der Waals surface area contributed by atoms with Crippen molar-refractivity contribution in [3.05, 3.63) is 65.2 Å². The quantitative estimate of drug-likeness (QED) is 0.755. The lowest BCUT2D eigenvalue weighted by atomic mass is 10.1. The number of anilines is 1. The molecule has 1 atom stereocenters. The number of thioether (sulfide) groups is 1. The maximum Gasteiger partial charge on any atom is 0.289 e. The van der Waals surface area contributed by atoms with Crippen LogP contribution in [0.3, 0.4) is 0 Å². The van der Waals surface area contributed by atoms with Gasteiger partial charge in [-0.3, -0.25) is 24.1 Å². The van der Waals surface area contributed by atoms with Crippen LogP contribution in [0.1, 0.15) is 27.9 Å². The summed E-state index contributed by atoms with van der Waals surface area (Å²) in [4.78, 5) is 50.3. The molecule has 144 valence electrons. The lowest BCUT2D eigenvalue weighted by Crippen LogP contribution is -2.36. The first-order chi connectivity index (χ1) is 13.3. The first-order valence-corrected chi connectivity index (χ1v) is 9.70. The van der Waals surface area contributed by atoms with E-state index in [0.29, 0.717) is 11.3 Å². The van der Waals surface area contributed by atoms with Gasteiger partial charge in [0.25, 0.3) is 5.24 Å². The number of nitrogens with zero attached hydrogens (tertiary/aromatic N) is 1. The zero-order valence-corrected chi connectivity index (χ0v) is 16.4. The van der Waals surface area contributed by atoms with Crippen LogP contribution in [0.4, 0.5) is 10.5 Å². The number of Topliss-reactive ketones (excluding diaryl/α,β-unsaturated/α-hetero) is 1. The Hall–Kier alpha value is -2.93. The number of rotatable bonds is 6. The second-order valence-electron chi connectivity index (χ2n) is 6.66. The molecule has 0 radical (unpaired) electrons. The maximum absolute atomic E-state index is 12.5. The molecule has 28 heavy (non-hydrogen) atoms. The summed E-state index contributed by atoms with van der Waals surface area (Å²) in [6.45, 7) is 3.53. The van der Waals surface area contributed by atoms with E-state index in [9.17, 15) is 19.2 Å². The zero-order valence-electron chi connectivity index (χ0n) is 15.6. The van der Waals surface area contributed by atoms with Gasteiger partial charge in [-0.05, 0) is 25.5 Å². The number of benzene rings is 2. The van der Waals surface area contributed by atoms with Gasteiger partial charge in [-0.25, -0.2) is 0 Å². The van der Waals surface area contributed by atoms with Gasteiger partial charge in [0.05, 0.1) is 6.54 Å². The second kappa shape index (κ2) is 8.39. The number of imide groups is 1. The minimum atomic E-state index is -0.818. The molecule has 1 heterocycles. The van der Waals surface area contributed by atoms with Crippen molar-refractivity contribution in [1.82, 2.24) is 4.90 Å². The molecule has 1 aliphatic heterocycles.